The molecule has 0 bridgehead atoms. The Balaban J connectivity index is 2.04. The minimum atomic E-state index is -0.532. The van der Waals surface area contributed by atoms with Crippen molar-refractivity contribution in [1.29, 1.82) is 0 Å². The van der Waals surface area contributed by atoms with Gasteiger partial charge in [-0.2, -0.15) is 0 Å². The Morgan fingerprint density at radius 2 is 2.10 bits per heavy atom. The second-order valence-electron chi connectivity index (χ2n) is 5.53. The molecule has 0 atom stereocenters. The SMILES string of the molecule is O=C1Nc2c(F)cc3ncoc3c2C2(CCCCC2)N1. The number of amides is 2. The molecular formula is C14H14FN3O2. The van der Waals surface area contributed by atoms with Crippen LogP contribution >= 0.6 is 0 Å². The molecule has 1 saturated carbocycles. The van der Waals surface area contributed by atoms with E-state index in [9.17, 15) is 9.18 Å². The molecule has 1 aliphatic heterocycles. The Bertz CT molecular complexity index is 704. The zero-order valence-electron chi connectivity index (χ0n) is 10.8. The Hall–Kier alpha value is -2.11. The third-order valence-corrected chi connectivity index (χ3v) is 4.35. The predicted octanol–water partition coefficient (Wildman–Crippen LogP) is 3.26. The number of carbonyl (C=O) groups is 1. The molecule has 2 amide bonds. The topological polar surface area (TPSA) is 67.2 Å². The third-order valence-electron chi connectivity index (χ3n) is 4.35. The number of hydrogen-bond acceptors (Lipinski definition) is 3. The van der Waals surface area contributed by atoms with Crippen molar-refractivity contribution in [3.05, 3.63) is 23.8 Å². The first-order chi connectivity index (χ1) is 9.70. The molecule has 1 spiro atoms. The van der Waals surface area contributed by atoms with E-state index < -0.39 is 11.4 Å². The van der Waals surface area contributed by atoms with Gasteiger partial charge in [-0.05, 0) is 12.8 Å². The molecule has 1 fully saturated rings. The smallest absolute Gasteiger partial charge is 0.320 e. The molecule has 1 aliphatic carbocycles. The van der Waals surface area contributed by atoms with Crippen molar-refractivity contribution >= 4 is 22.8 Å². The average Bonchev–Trinajstić information content (AvgIpc) is 2.87. The van der Waals surface area contributed by atoms with Gasteiger partial charge in [0.2, 0.25) is 0 Å². The number of anilines is 1. The molecular weight excluding hydrogens is 261 g/mol. The third kappa shape index (κ3) is 1.47. The van der Waals surface area contributed by atoms with Crippen LogP contribution in [0.15, 0.2) is 16.9 Å². The maximum Gasteiger partial charge on any atom is 0.320 e. The fraction of sp³-hybridized carbons (Fsp3) is 0.429. The van der Waals surface area contributed by atoms with Gasteiger partial charge in [0.25, 0.3) is 0 Å². The van der Waals surface area contributed by atoms with Crippen molar-refractivity contribution in [3.8, 4) is 0 Å². The van der Waals surface area contributed by atoms with E-state index in [2.05, 4.69) is 15.6 Å². The number of nitrogens with one attached hydrogen (secondary N) is 2. The lowest BCUT2D eigenvalue weighted by Gasteiger charge is -2.42. The number of benzene rings is 1. The maximum atomic E-state index is 14.3. The van der Waals surface area contributed by atoms with Crippen LogP contribution in [0.5, 0.6) is 0 Å². The summed E-state index contributed by atoms with van der Waals surface area (Å²) in [4.78, 5) is 15.9. The summed E-state index contributed by atoms with van der Waals surface area (Å²) < 4.78 is 19.7. The van der Waals surface area contributed by atoms with Gasteiger partial charge in [-0.25, -0.2) is 14.2 Å². The van der Waals surface area contributed by atoms with E-state index >= 15 is 0 Å². The summed E-state index contributed by atoms with van der Waals surface area (Å²) >= 11 is 0. The number of oxazole rings is 1. The Morgan fingerprint density at radius 3 is 2.90 bits per heavy atom. The molecule has 1 aromatic carbocycles. The standard InChI is InChI=1S/C14H14FN3O2/c15-8-6-9-12(20-7-16-9)10-11(8)17-13(19)18-14(10)4-2-1-3-5-14/h6-7H,1-5H2,(H2,17,18,19). The van der Waals surface area contributed by atoms with Gasteiger partial charge < -0.3 is 15.1 Å². The number of aromatic nitrogens is 1. The summed E-state index contributed by atoms with van der Waals surface area (Å²) in [6.45, 7) is 0. The first-order valence-electron chi connectivity index (χ1n) is 6.85. The van der Waals surface area contributed by atoms with E-state index in [0.29, 0.717) is 16.7 Å². The molecule has 104 valence electrons. The number of urea groups is 1. The molecule has 2 N–H and O–H groups in total. The lowest BCUT2D eigenvalue weighted by Crippen LogP contribution is -2.53. The summed E-state index contributed by atoms with van der Waals surface area (Å²) in [7, 11) is 0. The molecule has 2 heterocycles. The predicted molar refractivity (Wildman–Crippen MR) is 70.9 cm³/mol. The summed E-state index contributed by atoms with van der Waals surface area (Å²) in [5, 5.41) is 5.56. The zero-order valence-corrected chi connectivity index (χ0v) is 10.8. The van der Waals surface area contributed by atoms with E-state index in [4.69, 9.17) is 4.42 Å². The van der Waals surface area contributed by atoms with Crippen molar-refractivity contribution in [1.82, 2.24) is 10.3 Å². The van der Waals surface area contributed by atoms with Crippen LogP contribution in [0.3, 0.4) is 0 Å². The molecule has 2 aliphatic rings. The summed E-state index contributed by atoms with van der Waals surface area (Å²) in [6, 6.07) is 0.956. The largest absolute Gasteiger partial charge is 0.443 e. The van der Waals surface area contributed by atoms with Gasteiger partial charge in [0, 0.05) is 11.6 Å². The molecule has 4 rings (SSSR count). The van der Waals surface area contributed by atoms with E-state index in [-0.39, 0.29) is 11.7 Å². The summed E-state index contributed by atoms with van der Waals surface area (Å²) in [5.74, 6) is -0.457. The fourth-order valence-corrected chi connectivity index (χ4v) is 3.50. The molecule has 6 heteroatoms. The highest BCUT2D eigenvalue weighted by Crippen LogP contribution is 2.46. The fourth-order valence-electron chi connectivity index (χ4n) is 3.50. The Morgan fingerprint density at radius 1 is 1.30 bits per heavy atom. The highest BCUT2D eigenvalue weighted by molar-refractivity contribution is 5.98. The average molecular weight is 275 g/mol. The normalized spacial score (nSPS) is 20.6. The molecule has 5 nitrogen and oxygen atoms in total. The number of carbonyl (C=O) groups excluding carboxylic acids is 1. The molecule has 2 aromatic rings. The van der Waals surface area contributed by atoms with E-state index in [1.165, 1.54) is 12.5 Å². The lowest BCUT2D eigenvalue weighted by atomic mass is 9.74. The number of nitrogens with zero attached hydrogens (tertiary/aromatic N) is 1. The molecule has 0 radical (unpaired) electrons. The number of halogens is 1. The van der Waals surface area contributed by atoms with Gasteiger partial charge in [-0.1, -0.05) is 19.3 Å². The van der Waals surface area contributed by atoms with Gasteiger partial charge in [-0.15, -0.1) is 0 Å². The first-order valence-corrected chi connectivity index (χ1v) is 6.85. The molecule has 1 aromatic heterocycles. The minimum Gasteiger partial charge on any atom is -0.443 e. The van der Waals surface area contributed by atoms with Crippen molar-refractivity contribution in [2.45, 2.75) is 37.6 Å². The van der Waals surface area contributed by atoms with E-state index in [1.54, 1.807) is 0 Å². The zero-order chi connectivity index (χ0) is 13.7. The Kier molecular flexibility index (Phi) is 2.31. The molecule has 20 heavy (non-hydrogen) atoms. The summed E-state index contributed by atoms with van der Waals surface area (Å²) in [5.41, 5.74) is 1.47. The van der Waals surface area contributed by atoms with Crippen molar-refractivity contribution in [3.63, 3.8) is 0 Å². The highest BCUT2D eigenvalue weighted by Gasteiger charge is 2.44. The van der Waals surface area contributed by atoms with Crippen LogP contribution in [-0.4, -0.2) is 11.0 Å². The monoisotopic (exact) mass is 275 g/mol. The quantitative estimate of drug-likeness (QED) is 0.775. The number of fused-ring (bicyclic) bond motifs is 4. The lowest BCUT2D eigenvalue weighted by molar-refractivity contribution is 0.208. The van der Waals surface area contributed by atoms with Crippen LogP contribution in [0, 0.1) is 5.82 Å². The van der Waals surface area contributed by atoms with E-state index in [0.717, 1.165) is 32.1 Å². The van der Waals surface area contributed by atoms with Gasteiger partial charge in [-0.3, -0.25) is 0 Å². The van der Waals surface area contributed by atoms with Crippen molar-refractivity contribution < 1.29 is 13.6 Å². The molecule has 0 unspecified atom stereocenters. The van der Waals surface area contributed by atoms with Crippen LogP contribution in [0.2, 0.25) is 0 Å². The first kappa shape index (κ1) is 11.7. The number of hydrogen-bond donors (Lipinski definition) is 2. The maximum absolute atomic E-state index is 14.3. The van der Waals surface area contributed by atoms with Gasteiger partial charge in [0.1, 0.15) is 11.3 Å². The van der Waals surface area contributed by atoms with Crippen molar-refractivity contribution in [2.24, 2.45) is 0 Å². The van der Waals surface area contributed by atoms with Crippen molar-refractivity contribution in [2.75, 3.05) is 5.32 Å². The second-order valence-corrected chi connectivity index (χ2v) is 5.53. The van der Waals surface area contributed by atoms with Crippen LogP contribution in [0.4, 0.5) is 14.9 Å². The van der Waals surface area contributed by atoms with Gasteiger partial charge in [0.05, 0.1) is 11.2 Å². The van der Waals surface area contributed by atoms with Gasteiger partial charge in [0.15, 0.2) is 12.0 Å². The van der Waals surface area contributed by atoms with Crippen LogP contribution < -0.4 is 10.6 Å². The molecule has 0 saturated heterocycles. The highest BCUT2D eigenvalue weighted by atomic mass is 19.1. The second kappa shape index (κ2) is 3.94. The number of rotatable bonds is 0. The van der Waals surface area contributed by atoms with E-state index in [1.807, 2.05) is 0 Å². The van der Waals surface area contributed by atoms with Crippen LogP contribution in [0.1, 0.15) is 37.7 Å². The van der Waals surface area contributed by atoms with Crippen LogP contribution in [0.25, 0.3) is 11.1 Å². The van der Waals surface area contributed by atoms with Gasteiger partial charge >= 0.3 is 6.03 Å². The minimum absolute atomic E-state index is 0.236. The summed E-state index contributed by atoms with van der Waals surface area (Å²) in [6.07, 6.45) is 6.06. The Labute approximate surface area is 114 Å². The van der Waals surface area contributed by atoms with Crippen LogP contribution in [-0.2, 0) is 5.54 Å².